The third-order valence-electron chi connectivity index (χ3n) is 3.14. The number of nitrogens with zero attached hydrogens (tertiary/aromatic N) is 1. The zero-order valence-corrected chi connectivity index (χ0v) is 12.4. The highest BCUT2D eigenvalue weighted by molar-refractivity contribution is 5.92. The number of hydrogen-bond acceptors (Lipinski definition) is 4. The van der Waals surface area contributed by atoms with Gasteiger partial charge in [0.1, 0.15) is 0 Å². The average Bonchev–Trinajstić information content (AvgIpc) is 2.47. The van der Waals surface area contributed by atoms with Gasteiger partial charge in [-0.15, -0.1) is 0 Å². The summed E-state index contributed by atoms with van der Waals surface area (Å²) in [5.74, 6) is -0.169. The second kappa shape index (κ2) is 6.71. The largest absolute Gasteiger partial charge is 0.379 e. The molecule has 0 atom stereocenters. The Labute approximate surface area is 128 Å². The molecule has 2 aromatic rings. The van der Waals surface area contributed by atoms with Crippen LogP contribution in [0, 0.1) is 17.0 Å². The lowest BCUT2D eigenvalue weighted by atomic mass is 10.1. The number of carbonyl (C=O) groups is 1. The third kappa shape index (κ3) is 3.82. The van der Waals surface area contributed by atoms with E-state index in [0.717, 1.165) is 11.3 Å². The fourth-order valence-electron chi connectivity index (χ4n) is 2.13. The Morgan fingerprint density at radius 3 is 2.59 bits per heavy atom. The summed E-state index contributed by atoms with van der Waals surface area (Å²) in [6, 6.07) is 12.2. The van der Waals surface area contributed by atoms with Crippen molar-refractivity contribution in [1.82, 2.24) is 0 Å². The summed E-state index contributed by atoms with van der Waals surface area (Å²) < 4.78 is 0. The molecule has 0 aromatic heterocycles. The fourth-order valence-corrected chi connectivity index (χ4v) is 2.13. The van der Waals surface area contributed by atoms with Crippen molar-refractivity contribution in [2.45, 2.75) is 20.4 Å². The van der Waals surface area contributed by atoms with Gasteiger partial charge in [0, 0.05) is 25.1 Å². The molecule has 2 N–H and O–H groups in total. The quantitative estimate of drug-likeness (QED) is 0.654. The van der Waals surface area contributed by atoms with Crippen molar-refractivity contribution < 1.29 is 9.72 Å². The van der Waals surface area contributed by atoms with E-state index in [4.69, 9.17) is 0 Å². The molecule has 0 fully saturated rings. The summed E-state index contributed by atoms with van der Waals surface area (Å²) in [5, 5.41) is 16.9. The maximum Gasteiger partial charge on any atom is 0.274 e. The number of nitro groups is 1. The van der Waals surface area contributed by atoms with Gasteiger partial charge in [-0.3, -0.25) is 14.9 Å². The van der Waals surface area contributed by atoms with Gasteiger partial charge in [-0.25, -0.2) is 0 Å². The van der Waals surface area contributed by atoms with Crippen LogP contribution in [0.2, 0.25) is 0 Å². The number of anilines is 2. The predicted molar refractivity (Wildman–Crippen MR) is 85.9 cm³/mol. The Kier molecular flexibility index (Phi) is 4.73. The topological polar surface area (TPSA) is 84.3 Å². The van der Waals surface area contributed by atoms with Gasteiger partial charge in [-0.1, -0.05) is 24.3 Å². The summed E-state index contributed by atoms with van der Waals surface area (Å²) >= 11 is 0. The standard InChI is InChI=1S/C16H17N3O3/c1-11-7-8-14(18-12(2)20)15(9-11)17-10-13-5-3-4-6-16(13)19(21)22/h3-9,17H,10H2,1-2H3,(H,18,20). The molecule has 0 saturated carbocycles. The van der Waals surface area contributed by atoms with Crippen molar-refractivity contribution >= 4 is 23.0 Å². The summed E-state index contributed by atoms with van der Waals surface area (Å²) in [6.07, 6.45) is 0. The zero-order chi connectivity index (χ0) is 16.1. The number of nitrogens with one attached hydrogen (secondary N) is 2. The van der Waals surface area contributed by atoms with E-state index in [1.54, 1.807) is 24.3 Å². The van der Waals surface area contributed by atoms with E-state index in [1.165, 1.54) is 13.0 Å². The molecular formula is C16H17N3O3. The molecular weight excluding hydrogens is 282 g/mol. The van der Waals surface area contributed by atoms with Crippen LogP contribution >= 0.6 is 0 Å². The van der Waals surface area contributed by atoms with Gasteiger partial charge in [0.2, 0.25) is 5.91 Å². The Morgan fingerprint density at radius 2 is 1.91 bits per heavy atom. The van der Waals surface area contributed by atoms with Crippen molar-refractivity contribution in [2.24, 2.45) is 0 Å². The van der Waals surface area contributed by atoms with Crippen LogP contribution in [0.25, 0.3) is 0 Å². The van der Waals surface area contributed by atoms with E-state index in [9.17, 15) is 14.9 Å². The summed E-state index contributed by atoms with van der Waals surface area (Å²) in [6.45, 7) is 3.67. The fraction of sp³-hybridized carbons (Fsp3) is 0.188. The highest BCUT2D eigenvalue weighted by Gasteiger charge is 2.12. The van der Waals surface area contributed by atoms with Crippen LogP contribution in [-0.4, -0.2) is 10.8 Å². The highest BCUT2D eigenvalue weighted by Crippen LogP contribution is 2.25. The molecule has 0 bridgehead atoms. The molecule has 2 aromatic carbocycles. The molecule has 0 heterocycles. The predicted octanol–water partition coefficient (Wildman–Crippen LogP) is 3.47. The first-order chi connectivity index (χ1) is 10.5. The molecule has 1 amide bonds. The van der Waals surface area contributed by atoms with Crippen molar-refractivity contribution in [3.05, 3.63) is 63.7 Å². The average molecular weight is 299 g/mol. The van der Waals surface area contributed by atoms with E-state index in [-0.39, 0.29) is 11.6 Å². The summed E-state index contributed by atoms with van der Waals surface area (Å²) in [5.41, 5.74) is 3.07. The van der Waals surface area contributed by atoms with Crippen molar-refractivity contribution in [3.8, 4) is 0 Å². The zero-order valence-electron chi connectivity index (χ0n) is 12.4. The van der Waals surface area contributed by atoms with Gasteiger partial charge >= 0.3 is 0 Å². The second-order valence-electron chi connectivity index (χ2n) is 4.97. The van der Waals surface area contributed by atoms with Crippen molar-refractivity contribution in [2.75, 3.05) is 10.6 Å². The lowest BCUT2D eigenvalue weighted by molar-refractivity contribution is -0.385. The Morgan fingerprint density at radius 1 is 1.18 bits per heavy atom. The minimum Gasteiger partial charge on any atom is -0.379 e. The minimum atomic E-state index is -0.401. The van der Waals surface area contributed by atoms with E-state index >= 15 is 0 Å². The number of carbonyl (C=O) groups excluding carboxylic acids is 1. The second-order valence-corrected chi connectivity index (χ2v) is 4.97. The Balaban J connectivity index is 2.23. The normalized spacial score (nSPS) is 10.1. The molecule has 0 aliphatic carbocycles. The maximum absolute atomic E-state index is 11.2. The third-order valence-corrected chi connectivity index (χ3v) is 3.14. The number of rotatable bonds is 5. The van der Waals surface area contributed by atoms with E-state index in [2.05, 4.69) is 10.6 Å². The van der Waals surface area contributed by atoms with Gasteiger partial charge in [0.25, 0.3) is 5.69 Å². The lowest BCUT2D eigenvalue weighted by Gasteiger charge is -2.13. The van der Waals surface area contributed by atoms with Crippen LogP contribution in [0.5, 0.6) is 0 Å². The highest BCUT2D eigenvalue weighted by atomic mass is 16.6. The number of aryl methyl sites for hydroxylation is 1. The van der Waals surface area contributed by atoms with Crippen LogP contribution in [0.15, 0.2) is 42.5 Å². The van der Waals surface area contributed by atoms with E-state index in [0.29, 0.717) is 17.8 Å². The summed E-state index contributed by atoms with van der Waals surface area (Å²) in [4.78, 5) is 21.9. The van der Waals surface area contributed by atoms with Gasteiger partial charge < -0.3 is 10.6 Å². The Bertz CT molecular complexity index is 714. The first kappa shape index (κ1) is 15.5. The SMILES string of the molecule is CC(=O)Nc1ccc(C)cc1NCc1ccccc1[N+](=O)[O-]. The molecule has 6 heteroatoms. The molecule has 0 aliphatic heterocycles. The van der Waals surface area contributed by atoms with Gasteiger partial charge in [0.05, 0.1) is 16.3 Å². The van der Waals surface area contributed by atoms with Crippen molar-refractivity contribution in [1.29, 1.82) is 0 Å². The monoisotopic (exact) mass is 299 g/mol. The van der Waals surface area contributed by atoms with E-state index < -0.39 is 4.92 Å². The van der Waals surface area contributed by atoms with E-state index in [1.807, 2.05) is 19.1 Å². The molecule has 0 saturated heterocycles. The first-order valence-electron chi connectivity index (χ1n) is 6.82. The van der Waals surface area contributed by atoms with Crippen LogP contribution in [0.3, 0.4) is 0 Å². The molecule has 114 valence electrons. The molecule has 22 heavy (non-hydrogen) atoms. The van der Waals surface area contributed by atoms with Gasteiger partial charge in [0.15, 0.2) is 0 Å². The number of hydrogen-bond donors (Lipinski definition) is 2. The van der Waals surface area contributed by atoms with Crippen molar-refractivity contribution in [3.63, 3.8) is 0 Å². The molecule has 6 nitrogen and oxygen atoms in total. The van der Waals surface area contributed by atoms with Crippen LogP contribution in [-0.2, 0) is 11.3 Å². The summed E-state index contributed by atoms with van der Waals surface area (Å²) in [7, 11) is 0. The van der Waals surface area contributed by atoms with Crippen LogP contribution in [0.1, 0.15) is 18.1 Å². The molecule has 2 rings (SSSR count). The van der Waals surface area contributed by atoms with Crippen LogP contribution < -0.4 is 10.6 Å². The molecule has 0 aliphatic rings. The number of nitro benzene ring substituents is 1. The first-order valence-corrected chi connectivity index (χ1v) is 6.82. The number of para-hydroxylation sites is 1. The van der Waals surface area contributed by atoms with Gasteiger partial charge in [-0.05, 0) is 24.6 Å². The number of benzene rings is 2. The number of amides is 1. The van der Waals surface area contributed by atoms with Gasteiger partial charge in [-0.2, -0.15) is 0 Å². The molecule has 0 unspecified atom stereocenters. The smallest absolute Gasteiger partial charge is 0.274 e. The Hall–Kier alpha value is -2.89. The maximum atomic E-state index is 11.2. The van der Waals surface area contributed by atoms with Crippen LogP contribution in [0.4, 0.5) is 17.1 Å². The molecule has 0 spiro atoms. The lowest BCUT2D eigenvalue weighted by Crippen LogP contribution is -2.10. The minimum absolute atomic E-state index is 0.0729. The molecule has 0 radical (unpaired) electrons.